The monoisotopic (exact) mass is 393 g/mol. The van der Waals surface area contributed by atoms with Crippen molar-refractivity contribution in [2.75, 3.05) is 37.8 Å². The van der Waals surface area contributed by atoms with Gasteiger partial charge in [0.25, 0.3) is 0 Å². The molecule has 1 aliphatic heterocycles. The highest BCUT2D eigenvalue weighted by atomic mass is 32.2. The van der Waals surface area contributed by atoms with Gasteiger partial charge in [-0.2, -0.15) is 11.8 Å². The zero-order chi connectivity index (χ0) is 19.3. The zero-order valence-corrected chi connectivity index (χ0v) is 16.7. The summed E-state index contributed by atoms with van der Waals surface area (Å²) < 4.78 is 5.71. The van der Waals surface area contributed by atoms with Crippen molar-refractivity contribution in [1.82, 2.24) is 9.88 Å². The van der Waals surface area contributed by atoms with Crippen LogP contribution in [0.1, 0.15) is 31.2 Å². The molecule has 1 aromatic heterocycles. The first-order valence-electron chi connectivity index (χ1n) is 9.62. The van der Waals surface area contributed by atoms with E-state index in [4.69, 9.17) is 15.6 Å². The smallest absolute Gasteiger partial charge is 0.221 e. The van der Waals surface area contributed by atoms with Gasteiger partial charge >= 0.3 is 0 Å². The number of allylic oxidation sites excluding steroid dienone is 1. The summed E-state index contributed by atoms with van der Waals surface area (Å²) in [5.74, 6) is 1.35. The molecule has 27 heavy (non-hydrogen) atoms. The number of ether oxygens (including phenoxy) is 1. The van der Waals surface area contributed by atoms with E-state index in [0.717, 1.165) is 6.54 Å². The van der Waals surface area contributed by atoms with Gasteiger partial charge in [0.1, 0.15) is 6.61 Å². The Morgan fingerprint density at radius 2 is 2.19 bits per heavy atom. The molecule has 6 nitrogen and oxygen atoms in total. The van der Waals surface area contributed by atoms with Crippen LogP contribution in [-0.4, -0.2) is 58.7 Å². The predicted molar refractivity (Wildman–Crippen MR) is 110 cm³/mol. The van der Waals surface area contributed by atoms with E-state index in [0.29, 0.717) is 30.4 Å². The Bertz CT molecular complexity index is 592. The highest BCUT2D eigenvalue weighted by Gasteiger charge is 2.13. The van der Waals surface area contributed by atoms with Gasteiger partial charge in [0.15, 0.2) is 0 Å². The number of hydrogen-bond acceptors (Lipinski definition) is 6. The molecule has 150 valence electrons. The number of aliphatic hydroxyl groups is 1. The molecule has 0 spiro atoms. The van der Waals surface area contributed by atoms with E-state index in [-0.39, 0.29) is 18.4 Å². The number of hydrogen-bond donors (Lipinski definition) is 2. The standard InChI is InChI=1S/C20H31N3O3S/c21-20(25)18(16-27-13-11-24)6-2-5-12-26-19-14-17(7-8-22-19)15-23-9-3-1-4-10-23/h2,5,7-8,14,18,24H,1,3-4,6,9-13,15-16H2,(H2,21,25). The second kappa shape index (κ2) is 12.8. The molecular formula is C20H31N3O3S. The summed E-state index contributed by atoms with van der Waals surface area (Å²) in [4.78, 5) is 18.2. The highest BCUT2D eigenvalue weighted by molar-refractivity contribution is 7.99. The maximum atomic E-state index is 11.4. The number of thioether (sulfide) groups is 1. The van der Waals surface area contributed by atoms with E-state index in [1.54, 1.807) is 6.20 Å². The van der Waals surface area contributed by atoms with E-state index in [9.17, 15) is 4.79 Å². The van der Waals surface area contributed by atoms with E-state index in [2.05, 4.69) is 9.88 Å². The van der Waals surface area contributed by atoms with Crippen LogP contribution >= 0.6 is 11.8 Å². The Morgan fingerprint density at radius 3 is 2.93 bits per heavy atom. The van der Waals surface area contributed by atoms with E-state index in [1.165, 1.54) is 49.7 Å². The van der Waals surface area contributed by atoms with Crippen molar-refractivity contribution in [2.45, 2.75) is 32.2 Å². The van der Waals surface area contributed by atoms with Crippen LogP contribution in [0.15, 0.2) is 30.5 Å². The van der Waals surface area contributed by atoms with Crippen LogP contribution in [0.4, 0.5) is 0 Å². The molecule has 2 heterocycles. The SMILES string of the molecule is NC(=O)C(CC=CCOc1cc(CN2CCCCC2)ccn1)CSCCO. The molecule has 2 rings (SSSR count). The molecule has 1 unspecified atom stereocenters. The summed E-state index contributed by atoms with van der Waals surface area (Å²) in [6.07, 6.45) is 10.1. The summed E-state index contributed by atoms with van der Waals surface area (Å²) in [5.41, 5.74) is 6.65. The lowest BCUT2D eigenvalue weighted by molar-refractivity contribution is -0.121. The summed E-state index contributed by atoms with van der Waals surface area (Å²) in [6.45, 7) is 3.80. The predicted octanol–water partition coefficient (Wildman–Crippen LogP) is 2.22. The van der Waals surface area contributed by atoms with Gasteiger partial charge in [0.2, 0.25) is 11.8 Å². The summed E-state index contributed by atoms with van der Waals surface area (Å²) in [5, 5.41) is 8.81. The molecule has 3 N–H and O–H groups in total. The molecule has 1 fully saturated rings. The fraction of sp³-hybridized carbons (Fsp3) is 0.600. The molecular weight excluding hydrogens is 362 g/mol. The summed E-state index contributed by atoms with van der Waals surface area (Å²) in [6, 6.07) is 4.04. The minimum absolute atomic E-state index is 0.115. The largest absolute Gasteiger partial charge is 0.473 e. The molecule has 1 saturated heterocycles. The Kier molecular flexibility index (Phi) is 10.3. The quantitative estimate of drug-likeness (QED) is 0.418. The van der Waals surface area contributed by atoms with Gasteiger partial charge in [-0.3, -0.25) is 9.69 Å². The van der Waals surface area contributed by atoms with Crippen LogP contribution in [0.3, 0.4) is 0 Å². The van der Waals surface area contributed by atoms with E-state index < -0.39 is 0 Å². The second-order valence-corrected chi connectivity index (χ2v) is 7.90. The maximum Gasteiger partial charge on any atom is 0.221 e. The average molecular weight is 394 g/mol. The van der Waals surface area contributed by atoms with Crippen molar-refractivity contribution in [3.8, 4) is 5.88 Å². The van der Waals surface area contributed by atoms with Crippen molar-refractivity contribution in [1.29, 1.82) is 0 Å². The summed E-state index contributed by atoms with van der Waals surface area (Å²) >= 11 is 1.54. The van der Waals surface area contributed by atoms with Gasteiger partial charge in [0.05, 0.1) is 12.5 Å². The van der Waals surface area contributed by atoms with Gasteiger partial charge in [-0.25, -0.2) is 4.98 Å². The molecule has 1 aromatic rings. The Balaban J connectivity index is 1.72. The number of primary amides is 1. The van der Waals surface area contributed by atoms with Gasteiger partial charge in [0, 0.05) is 30.3 Å². The number of aliphatic hydroxyl groups excluding tert-OH is 1. The van der Waals surface area contributed by atoms with Crippen LogP contribution in [-0.2, 0) is 11.3 Å². The molecule has 0 saturated carbocycles. The topological polar surface area (TPSA) is 88.7 Å². The van der Waals surface area contributed by atoms with Gasteiger partial charge < -0.3 is 15.6 Å². The van der Waals surface area contributed by atoms with Gasteiger partial charge in [-0.15, -0.1) is 0 Å². The normalized spacial score (nSPS) is 16.5. The number of nitrogens with zero attached hydrogens (tertiary/aromatic N) is 2. The van der Waals surface area contributed by atoms with E-state index in [1.807, 2.05) is 24.3 Å². The van der Waals surface area contributed by atoms with Crippen molar-refractivity contribution >= 4 is 17.7 Å². The van der Waals surface area contributed by atoms with E-state index >= 15 is 0 Å². The van der Waals surface area contributed by atoms with Gasteiger partial charge in [-0.1, -0.05) is 18.6 Å². The first-order chi connectivity index (χ1) is 13.2. The first kappa shape index (κ1) is 21.7. The molecule has 0 radical (unpaired) electrons. The van der Waals surface area contributed by atoms with Crippen molar-refractivity contribution in [3.05, 3.63) is 36.0 Å². The number of pyridine rings is 1. The number of rotatable bonds is 12. The Labute approximate surface area is 166 Å². The number of nitrogens with two attached hydrogens (primary N) is 1. The van der Waals surface area contributed by atoms with Crippen LogP contribution in [0.5, 0.6) is 5.88 Å². The third kappa shape index (κ3) is 8.77. The average Bonchev–Trinajstić information content (AvgIpc) is 2.67. The molecule has 0 aliphatic carbocycles. The third-order valence-electron chi connectivity index (χ3n) is 4.53. The highest BCUT2D eigenvalue weighted by Crippen LogP contribution is 2.16. The lowest BCUT2D eigenvalue weighted by Crippen LogP contribution is -2.29. The van der Waals surface area contributed by atoms with Crippen LogP contribution in [0, 0.1) is 5.92 Å². The number of carbonyl (C=O) groups excluding carboxylic acids is 1. The fourth-order valence-corrected chi connectivity index (χ4v) is 3.90. The first-order valence-corrected chi connectivity index (χ1v) is 10.8. The molecule has 1 aliphatic rings. The Morgan fingerprint density at radius 1 is 1.37 bits per heavy atom. The number of piperidine rings is 1. The van der Waals surface area contributed by atoms with Gasteiger partial charge in [-0.05, 0) is 44.0 Å². The summed E-state index contributed by atoms with van der Waals surface area (Å²) in [7, 11) is 0. The number of aromatic nitrogens is 1. The second-order valence-electron chi connectivity index (χ2n) is 6.76. The number of amides is 1. The molecule has 1 amide bonds. The third-order valence-corrected chi connectivity index (χ3v) is 5.64. The minimum Gasteiger partial charge on any atom is -0.473 e. The van der Waals surface area contributed by atoms with Crippen molar-refractivity contribution in [2.24, 2.45) is 11.7 Å². The number of likely N-dealkylation sites (tertiary alicyclic amines) is 1. The molecule has 7 heteroatoms. The van der Waals surface area contributed by atoms with Crippen LogP contribution in [0.2, 0.25) is 0 Å². The lowest BCUT2D eigenvalue weighted by Gasteiger charge is -2.26. The minimum atomic E-state index is -0.307. The van der Waals surface area contributed by atoms with Crippen LogP contribution < -0.4 is 10.5 Å². The van der Waals surface area contributed by atoms with Crippen molar-refractivity contribution in [3.63, 3.8) is 0 Å². The zero-order valence-electron chi connectivity index (χ0n) is 15.9. The van der Waals surface area contributed by atoms with Crippen LogP contribution in [0.25, 0.3) is 0 Å². The fourth-order valence-electron chi connectivity index (χ4n) is 3.02. The number of carbonyl (C=O) groups is 1. The molecule has 0 bridgehead atoms. The molecule has 1 atom stereocenters. The van der Waals surface area contributed by atoms with Crippen molar-refractivity contribution < 1.29 is 14.6 Å². The maximum absolute atomic E-state index is 11.4. The molecule has 0 aromatic carbocycles. The lowest BCUT2D eigenvalue weighted by atomic mass is 10.1. The Hall–Kier alpha value is -1.57.